The van der Waals surface area contributed by atoms with E-state index in [1.54, 1.807) is 17.4 Å². The highest BCUT2D eigenvalue weighted by molar-refractivity contribution is 7.10. The minimum absolute atomic E-state index is 0.0100. The van der Waals surface area contributed by atoms with Crippen LogP contribution in [0.2, 0.25) is 0 Å². The van der Waals surface area contributed by atoms with Gasteiger partial charge in [0, 0.05) is 24.0 Å². The molecule has 0 unspecified atom stereocenters. The van der Waals surface area contributed by atoms with Crippen LogP contribution in [0.25, 0.3) is 6.08 Å². The van der Waals surface area contributed by atoms with E-state index in [4.69, 9.17) is 5.11 Å². The molecule has 2 N–H and O–H groups in total. The van der Waals surface area contributed by atoms with Gasteiger partial charge in [0.25, 0.3) is 0 Å². The molecule has 0 saturated carbocycles. The van der Waals surface area contributed by atoms with Crippen molar-refractivity contribution in [3.8, 4) is 0 Å². The van der Waals surface area contributed by atoms with Crippen LogP contribution in [0.15, 0.2) is 17.5 Å². The van der Waals surface area contributed by atoms with Gasteiger partial charge in [-0.1, -0.05) is 0 Å². The van der Waals surface area contributed by atoms with Crippen LogP contribution in [-0.2, 0) is 16.1 Å². The van der Waals surface area contributed by atoms with Crippen molar-refractivity contribution in [2.45, 2.75) is 13.5 Å². The Morgan fingerprint density at radius 3 is 2.89 bits per heavy atom. The third-order valence-electron chi connectivity index (χ3n) is 2.39. The van der Waals surface area contributed by atoms with Crippen molar-refractivity contribution < 1.29 is 14.7 Å². The second kappa shape index (κ2) is 7.70. The number of nitrogens with one attached hydrogen (secondary N) is 1. The number of hydrogen-bond acceptors (Lipinski definition) is 4. The summed E-state index contributed by atoms with van der Waals surface area (Å²) in [5.74, 6) is -0.975. The van der Waals surface area contributed by atoms with Crippen molar-refractivity contribution in [2.24, 2.45) is 0 Å². The van der Waals surface area contributed by atoms with Gasteiger partial charge in [-0.05, 0) is 37.1 Å². The lowest BCUT2D eigenvalue weighted by atomic mass is 10.2. The summed E-state index contributed by atoms with van der Waals surface area (Å²) in [7, 11) is 1.86. The van der Waals surface area contributed by atoms with E-state index < -0.39 is 5.97 Å². The normalized spacial score (nSPS) is 11.1. The number of carbonyl (C=O) groups excluding carboxylic acids is 1. The first kappa shape index (κ1) is 15.4. The number of aliphatic carboxylic acids is 1. The molecule has 0 aliphatic carbocycles. The summed E-state index contributed by atoms with van der Waals surface area (Å²) < 4.78 is 0. The SMILES string of the molecule is CCNC(=O)CN(C)Cc1sccc1C=CC(=O)O. The van der Waals surface area contributed by atoms with E-state index in [9.17, 15) is 9.59 Å². The Morgan fingerprint density at radius 2 is 2.26 bits per heavy atom. The molecule has 19 heavy (non-hydrogen) atoms. The predicted molar refractivity (Wildman–Crippen MR) is 76.0 cm³/mol. The number of carboxylic acids is 1. The number of amides is 1. The second-order valence-corrected chi connectivity index (χ2v) is 5.10. The fraction of sp³-hybridized carbons (Fsp3) is 0.385. The molecule has 1 amide bonds. The summed E-state index contributed by atoms with van der Waals surface area (Å²) in [5, 5.41) is 13.3. The van der Waals surface area contributed by atoms with Gasteiger partial charge < -0.3 is 10.4 Å². The monoisotopic (exact) mass is 282 g/mol. The van der Waals surface area contributed by atoms with E-state index in [0.717, 1.165) is 16.5 Å². The van der Waals surface area contributed by atoms with Crippen LogP contribution in [0.4, 0.5) is 0 Å². The van der Waals surface area contributed by atoms with Crippen LogP contribution in [0.1, 0.15) is 17.4 Å². The highest BCUT2D eigenvalue weighted by Gasteiger charge is 2.09. The minimum atomic E-state index is -0.965. The van der Waals surface area contributed by atoms with Crippen LogP contribution in [0.3, 0.4) is 0 Å². The Balaban J connectivity index is 2.59. The van der Waals surface area contributed by atoms with Gasteiger partial charge in [0.2, 0.25) is 5.91 Å². The molecule has 0 fully saturated rings. The second-order valence-electron chi connectivity index (χ2n) is 4.10. The number of nitrogens with zero attached hydrogens (tertiary/aromatic N) is 1. The third kappa shape index (κ3) is 5.67. The highest BCUT2D eigenvalue weighted by Crippen LogP contribution is 2.19. The molecular weight excluding hydrogens is 264 g/mol. The van der Waals surface area contributed by atoms with Crippen molar-refractivity contribution in [2.75, 3.05) is 20.1 Å². The quantitative estimate of drug-likeness (QED) is 0.742. The maximum Gasteiger partial charge on any atom is 0.328 e. The number of thiophene rings is 1. The van der Waals surface area contributed by atoms with E-state index in [1.807, 2.05) is 30.3 Å². The van der Waals surface area contributed by atoms with Gasteiger partial charge >= 0.3 is 5.97 Å². The molecule has 0 aromatic carbocycles. The maximum atomic E-state index is 11.4. The molecule has 1 rings (SSSR count). The van der Waals surface area contributed by atoms with Gasteiger partial charge in [-0.3, -0.25) is 9.69 Å². The Labute approximate surface area is 116 Å². The molecule has 1 aromatic heterocycles. The van der Waals surface area contributed by atoms with Crippen LogP contribution >= 0.6 is 11.3 Å². The summed E-state index contributed by atoms with van der Waals surface area (Å²) in [6.45, 7) is 3.45. The maximum absolute atomic E-state index is 11.4. The van der Waals surface area contributed by atoms with Crippen molar-refractivity contribution in [3.05, 3.63) is 28.0 Å². The van der Waals surface area contributed by atoms with Crippen LogP contribution < -0.4 is 5.32 Å². The molecule has 6 heteroatoms. The van der Waals surface area contributed by atoms with E-state index in [-0.39, 0.29) is 5.91 Å². The Bertz CT molecular complexity index is 468. The summed E-state index contributed by atoms with van der Waals surface area (Å²) in [4.78, 5) is 24.9. The van der Waals surface area contributed by atoms with Gasteiger partial charge in [0.05, 0.1) is 6.54 Å². The molecule has 1 heterocycles. The Hall–Kier alpha value is -1.66. The summed E-state index contributed by atoms with van der Waals surface area (Å²) >= 11 is 1.55. The molecule has 0 bridgehead atoms. The molecule has 0 radical (unpaired) electrons. The summed E-state index contributed by atoms with van der Waals surface area (Å²) in [6, 6.07) is 1.87. The lowest BCUT2D eigenvalue weighted by Gasteiger charge is -2.15. The number of rotatable bonds is 7. The van der Waals surface area contributed by atoms with Gasteiger partial charge in [-0.25, -0.2) is 4.79 Å². The van der Waals surface area contributed by atoms with E-state index in [1.165, 1.54) is 0 Å². The van der Waals surface area contributed by atoms with Crippen LogP contribution in [0.5, 0.6) is 0 Å². The largest absolute Gasteiger partial charge is 0.478 e. The average molecular weight is 282 g/mol. The zero-order valence-corrected chi connectivity index (χ0v) is 11.9. The standard InChI is InChI=1S/C13H18N2O3S/c1-3-14-12(16)9-15(2)8-11-10(6-7-19-11)4-5-13(17)18/h4-7H,3,8-9H2,1-2H3,(H,14,16)(H,17,18). The Morgan fingerprint density at radius 1 is 1.53 bits per heavy atom. The lowest BCUT2D eigenvalue weighted by molar-refractivity contribution is -0.131. The van der Waals surface area contributed by atoms with Gasteiger partial charge in [0.15, 0.2) is 0 Å². The van der Waals surface area contributed by atoms with Gasteiger partial charge in [-0.2, -0.15) is 0 Å². The first-order valence-electron chi connectivity index (χ1n) is 5.95. The number of hydrogen-bond donors (Lipinski definition) is 2. The summed E-state index contributed by atoms with van der Waals surface area (Å²) in [5.41, 5.74) is 0.884. The third-order valence-corrected chi connectivity index (χ3v) is 3.31. The first-order chi connectivity index (χ1) is 9.02. The van der Waals surface area contributed by atoms with Crippen LogP contribution in [-0.4, -0.2) is 42.0 Å². The molecule has 0 aliphatic rings. The molecule has 0 atom stereocenters. The molecule has 5 nitrogen and oxygen atoms in total. The van der Waals surface area contributed by atoms with Gasteiger partial charge in [0.1, 0.15) is 0 Å². The highest BCUT2D eigenvalue weighted by atomic mass is 32.1. The van der Waals surface area contributed by atoms with Crippen molar-refractivity contribution in [1.82, 2.24) is 10.2 Å². The number of likely N-dealkylation sites (N-methyl/N-ethyl adjacent to an activating group) is 2. The van der Waals surface area contributed by atoms with E-state index >= 15 is 0 Å². The predicted octanol–water partition coefficient (Wildman–Crippen LogP) is 1.41. The molecule has 0 aliphatic heterocycles. The molecular formula is C13H18N2O3S. The van der Waals surface area contributed by atoms with Crippen molar-refractivity contribution in [3.63, 3.8) is 0 Å². The molecule has 104 valence electrons. The zero-order chi connectivity index (χ0) is 14.3. The topological polar surface area (TPSA) is 69.6 Å². The lowest BCUT2D eigenvalue weighted by Crippen LogP contribution is -2.34. The van der Waals surface area contributed by atoms with Crippen LogP contribution in [0, 0.1) is 0 Å². The summed E-state index contributed by atoms with van der Waals surface area (Å²) in [6.07, 6.45) is 2.70. The van der Waals surface area contributed by atoms with Crippen molar-refractivity contribution >= 4 is 29.3 Å². The smallest absolute Gasteiger partial charge is 0.328 e. The fourth-order valence-corrected chi connectivity index (χ4v) is 2.53. The van der Waals surface area contributed by atoms with Crippen molar-refractivity contribution in [1.29, 1.82) is 0 Å². The zero-order valence-electron chi connectivity index (χ0n) is 11.0. The van der Waals surface area contributed by atoms with Gasteiger partial charge in [-0.15, -0.1) is 11.3 Å². The van der Waals surface area contributed by atoms with E-state index in [0.29, 0.717) is 19.6 Å². The fourth-order valence-electron chi connectivity index (χ4n) is 1.59. The first-order valence-corrected chi connectivity index (χ1v) is 6.83. The average Bonchev–Trinajstić information content (AvgIpc) is 2.73. The van der Waals surface area contributed by atoms with E-state index in [2.05, 4.69) is 5.32 Å². The molecule has 1 aromatic rings. The minimum Gasteiger partial charge on any atom is -0.478 e. The Kier molecular flexibility index (Phi) is 6.24. The number of carbonyl (C=O) groups is 2. The molecule has 0 spiro atoms. The molecule has 0 saturated heterocycles. The number of carboxylic acid groups (broad SMARTS) is 1.